The maximum Gasteiger partial charge on any atom is 0.157 e. The molecule has 1 aliphatic rings. The van der Waals surface area contributed by atoms with Crippen molar-refractivity contribution in [1.82, 2.24) is 5.32 Å². The Morgan fingerprint density at radius 1 is 1.28 bits per heavy atom. The van der Waals surface area contributed by atoms with Crippen molar-refractivity contribution in [1.29, 1.82) is 0 Å². The third-order valence-electron chi connectivity index (χ3n) is 3.09. The molecule has 1 aromatic carbocycles. The third kappa shape index (κ3) is 4.37. The van der Waals surface area contributed by atoms with Crippen LogP contribution in [0.4, 0.5) is 0 Å². The largest absolute Gasteiger partial charge is 0.362 e. The highest BCUT2D eigenvalue weighted by Gasteiger charge is 2.19. The van der Waals surface area contributed by atoms with Gasteiger partial charge in [-0.25, -0.2) is 0 Å². The second-order valence-electron chi connectivity index (χ2n) is 4.99. The number of nitrogens with one attached hydrogen (secondary N) is 1. The number of thioether (sulfide) groups is 1. The molecular weight excluding hydrogens is 240 g/mol. The van der Waals surface area contributed by atoms with Gasteiger partial charge in [0, 0.05) is 17.8 Å². The number of amidine groups is 1. The van der Waals surface area contributed by atoms with Crippen molar-refractivity contribution in [3.05, 3.63) is 35.9 Å². The van der Waals surface area contributed by atoms with E-state index >= 15 is 0 Å². The lowest BCUT2D eigenvalue weighted by Gasteiger charge is -2.26. The maximum absolute atomic E-state index is 4.67. The molecule has 2 rings (SSSR count). The molecule has 3 heteroatoms. The second-order valence-corrected chi connectivity index (χ2v) is 6.41. The van der Waals surface area contributed by atoms with Gasteiger partial charge in [0.2, 0.25) is 0 Å². The molecule has 0 aromatic heterocycles. The highest BCUT2D eigenvalue weighted by molar-refractivity contribution is 8.14. The van der Waals surface area contributed by atoms with E-state index in [2.05, 4.69) is 54.5 Å². The van der Waals surface area contributed by atoms with Gasteiger partial charge in [0.15, 0.2) is 5.17 Å². The molecule has 0 spiro atoms. The molecule has 0 radical (unpaired) electrons. The summed E-state index contributed by atoms with van der Waals surface area (Å²) in [5, 5.41) is 5.28. The van der Waals surface area contributed by atoms with Gasteiger partial charge in [-0.05, 0) is 31.7 Å². The fourth-order valence-corrected chi connectivity index (χ4v) is 3.43. The Morgan fingerprint density at radius 3 is 2.78 bits per heavy atom. The average molecular weight is 262 g/mol. The summed E-state index contributed by atoms with van der Waals surface area (Å²) in [6.07, 6.45) is 3.47. The normalized spacial score (nSPS) is 26.0. The first-order chi connectivity index (χ1) is 8.74. The Kier molecular flexibility index (Phi) is 5.12. The Balaban J connectivity index is 1.74. The predicted molar refractivity (Wildman–Crippen MR) is 81.3 cm³/mol. The fourth-order valence-electron chi connectivity index (χ4n) is 2.23. The van der Waals surface area contributed by atoms with E-state index in [4.69, 9.17) is 0 Å². The van der Waals surface area contributed by atoms with Crippen molar-refractivity contribution < 1.29 is 0 Å². The first kappa shape index (κ1) is 13.5. The molecule has 0 amide bonds. The molecule has 0 bridgehead atoms. The van der Waals surface area contributed by atoms with Crippen LogP contribution in [0, 0.1) is 0 Å². The monoisotopic (exact) mass is 262 g/mol. The molecule has 0 saturated carbocycles. The summed E-state index contributed by atoms with van der Waals surface area (Å²) in [6.45, 7) is 5.43. The Hall–Kier alpha value is -0.960. The van der Waals surface area contributed by atoms with Crippen molar-refractivity contribution in [3.63, 3.8) is 0 Å². The smallest absolute Gasteiger partial charge is 0.157 e. The first-order valence-electron chi connectivity index (χ1n) is 6.75. The van der Waals surface area contributed by atoms with Gasteiger partial charge in [-0.15, -0.1) is 0 Å². The summed E-state index contributed by atoms with van der Waals surface area (Å²) < 4.78 is 0. The van der Waals surface area contributed by atoms with Crippen LogP contribution in [0.25, 0.3) is 0 Å². The second kappa shape index (κ2) is 6.83. The lowest BCUT2D eigenvalue weighted by atomic mass is 10.1. The zero-order valence-electron chi connectivity index (χ0n) is 11.2. The number of aryl methyl sites for hydroxylation is 1. The first-order valence-corrected chi connectivity index (χ1v) is 7.63. The minimum atomic E-state index is 0.564. The van der Waals surface area contributed by atoms with Gasteiger partial charge in [0.25, 0.3) is 0 Å². The van der Waals surface area contributed by atoms with Gasteiger partial charge in [-0.3, -0.25) is 4.99 Å². The van der Waals surface area contributed by atoms with Crippen LogP contribution >= 0.6 is 11.8 Å². The third-order valence-corrected chi connectivity index (χ3v) is 4.16. The van der Waals surface area contributed by atoms with E-state index in [1.165, 1.54) is 12.0 Å². The lowest BCUT2D eigenvalue weighted by Crippen LogP contribution is -2.38. The zero-order chi connectivity index (χ0) is 12.8. The summed E-state index contributed by atoms with van der Waals surface area (Å²) in [7, 11) is 0. The molecular formula is C15H22N2S. The standard InChI is InChI=1S/C15H22N2S/c1-12-11-13(2)18-15(17-12)16-10-6-9-14-7-4-3-5-8-14/h3-5,7-8,12-13H,6,9-11H2,1-2H3,(H,16,17). The number of hydrogen-bond acceptors (Lipinski definition) is 2. The molecule has 1 N–H and O–H groups in total. The van der Waals surface area contributed by atoms with E-state index in [0.29, 0.717) is 11.3 Å². The van der Waals surface area contributed by atoms with Gasteiger partial charge in [0.05, 0.1) is 0 Å². The summed E-state index contributed by atoms with van der Waals surface area (Å²) >= 11 is 1.88. The molecule has 2 atom stereocenters. The van der Waals surface area contributed by atoms with Gasteiger partial charge in [-0.2, -0.15) is 0 Å². The molecule has 2 unspecified atom stereocenters. The molecule has 1 aliphatic heterocycles. The van der Waals surface area contributed by atoms with E-state index in [9.17, 15) is 0 Å². The van der Waals surface area contributed by atoms with Gasteiger partial charge in [-0.1, -0.05) is 49.0 Å². The van der Waals surface area contributed by atoms with Crippen LogP contribution in [-0.2, 0) is 6.42 Å². The summed E-state index contributed by atoms with van der Waals surface area (Å²) in [4.78, 5) is 4.67. The zero-order valence-corrected chi connectivity index (χ0v) is 12.0. The molecule has 0 aliphatic carbocycles. The molecule has 1 saturated heterocycles. The van der Waals surface area contributed by atoms with E-state index in [-0.39, 0.29) is 0 Å². The van der Waals surface area contributed by atoms with Crippen molar-refractivity contribution >= 4 is 16.9 Å². The minimum Gasteiger partial charge on any atom is -0.362 e. The average Bonchev–Trinajstić information content (AvgIpc) is 2.35. The molecule has 1 aromatic rings. The number of nitrogens with zero attached hydrogens (tertiary/aromatic N) is 1. The maximum atomic E-state index is 4.67. The van der Waals surface area contributed by atoms with Crippen molar-refractivity contribution in [2.75, 3.05) is 6.54 Å². The van der Waals surface area contributed by atoms with E-state index in [1.807, 2.05) is 11.8 Å². The number of aliphatic imine (C=N–C) groups is 1. The minimum absolute atomic E-state index is 0.564. The van der Waals surface area contributed by atoms with E-state index in [0.717, 1.165) is 24.6 Å². The van der Waals surface area contributed by atoms with Gasteiger partial charge < -0.3 is 5.32 Å². The van der Waals surface area contributed by atoms with Crippen LogP contribution in [0.15, 0.2) is 35.3 Å². The van der Waals surface area contributed by atoms with E-state index in [1.54, 1.807) is 0 Å². The number of hydrogen-bond donors (Lipinski definition) is 1. The molecule has 1 fully saturated rings. The lowest BCUT2D eigenvalue weighted by molar-refractivity contribution is 0.597. The Bertz CT molecular complexity index is 377. The van der Waals surface area contributed by atoms with E-state index < -0.39 is 0 Å². The van der Waals surface area contributed by atoms with Gasteiger partial charge in [0.1, 0.15) is 0 Å². The van der Waals surface area contributed by atoms with Crippen LogP contribution in [0.5, 0.6) is 0 Å². The quantitative estimate of drug-likeness (QED) is 0.840. The number of rotatable bonds is 4. The summed E-state index contributed by atoms with van der Waals surface area (Å²) in [5.41, 5.74) is 1.41. The highest BCUT2D eigenvalue weighted by Crippen LogP contribution is 2.22. The molecule has 98 valence electrons. The SMILES string of the molecule is CC1CC(C)SC(=NCCCc2ccccc2)N1. The van der Waals surface area contributed by atoms with Crippen LogP contribution in [0.3, 0.4) is 0 Å². The predicted octanol–water partition coefficient (Wildman–Crippen LogP) is 3.48. The summed E-state index contributed by atoms with van der Waals surface area (Å²) in [6, 6.07) is 11.2. The molecule has 1 heterocycles. The van der Waals surface area contributed by atoms with Crippen LogP contribution in [0.2, 0.25) is 0 Å². The van der Waals surface area contributed by atoms with Crippen molar-refractivity contribution in [3.8, 4) is 0 Å². The van der Waals surface area contributed by atoms with Crippen LogP contribution < -0.4 is 5.32 Å². The fraction of sp³-hybridized carbons (Fsp3) is 0.533. The molecule has 18 heavy (non-hydrogen) atoms. The highest BCUT2D eigenvalue weighted by atomic mass is 32.2. The van der Waals surface area contributed by atoms with Crippen LogP contribution in [-0.4, -0.2) is 23.0 Å². The Labute approximate surface area is 114 Å². The van der Waals surface area contributed by atoms with Crippen LogP contribution in [0.1, 0.15) is 32.3 Å². The summed E-state index contributed by atoms with van der Waals surface area (Å²) in [5.74, 6) is 0. The van der Waals surface area contributed by atoms with Gasteiger partial charge >= 0.3 is 0 Å². The topological polar surface area (TPSA) is 24.4 Å². The van der Waals surface area contributed by atoms with Crippen molar-refractivity contribution in [2.45, 2.75) is 44.4 Å². The Morgan fingerprint density at radius 2 is 2.06 bits per heavy atom. The molecule has 2 nitrogen and oxygen atoms in total. The number of benzene rings is 1. The van der Waals surface area contributed by atoms with Crippen molar-refractivity contribution in [2.24, 2.45) is 4.99 Å².